The maximum absolute atomic E-state index is 13.9. The summed E-state index contributed by atoms with van der Waals surface area (Å²) < 4.78 is 27.9. The Kier molecular flexibility index (Phi) is 3.25. The molecule has 0 saturated heterocycles. The van der Waals surface area contributed by atoms with Gasteiger partial charge in [0, 0.05) is 12.4 Å². The van der Waals surface area contributed by atoms with Crippen LogP contribution in [0.4, 0.5) is 14.6 Å². The predicted molar refractivity (Wildman–Crippen MR) is 79.2 cm³/mol. The largest absolute Gasteiger partial charge is 0.373 e. The maximum Gasteiger partial charge on any atom is 0.168 e. The van der Waals surface area contributed by atoms with Crippen LogP contribution < -0.4 is 5.32 Å². The molecule has 0 unspecified atom stereocenters. The molecular weight excluding hydrogens is 272 g/mol. The normalized spacial score (nSPS) is 10.9. The molecule has 0 radical (unpaired) electrons. The lowest BCUT2D eigenvalue weighted by atomic mass is 10.1. The molecule has 0 atom stereocenters. The Hall–Kier alpha value is -2.56. The third-order valence-corrected chi connectivity index (χ3v) is 3.35. The van der Waals surface area contributed by atoms with Crippen LogP contribution in [0.2, 0.25) is 0 Å². The number of rotatable bonds is 2. The molecule has 0 spiro atoms. The van der Waals surface area contributed by atoms with Gasteiger partial charge in [0.15, 0.2) is 5.82 Å². The van der Waals surface area contributed by atoms with Gasteiger partial charge in [-0.25, -0.2) is 18.7 Å². The number of hydrogen-bond donors (Lipinski definition) is 1. The van der Waals surface area contributed by atoms with E-state index in [-0.39, 0.29) is 11.4 Å². The van der Waals surface area contributed by atoms with Crippen molar-refractivity contribution < 1.29 is 8.78 Å². The number of hydrogen-bond acceptors (Lipinski definition) is 3. The predicted octanol–water partition coefficient (Wildman–Crippen LogP) is 3.93. The Labute approximate surface area is 120 Å². The molecule has 1 heterocycles. The summed E-state index contributed by atoms with van der Waals surface area (Å²) in [7, 11) is 1.71. The summed E-state index contributed by atoms with van der Waals surface area (Å²) in [5, 5.41) is 3.77. The van der Waals surface area contributed by atoms with Crippen LogP contribution in [-0.4, -0.2) is 17.0 Å². The number of para-hydroxylation sites is 1. The van der Waals surface area contributed by atoms with E-state index in [9.17, 15) is 8.78 Å². The molecule has 5 heteroatoms. The first kappa shape index (κ1) is 13.4. The highest BCUT2D eigenvalue weighted by Crippen LogP contribution is 2.29. The van der Waals surface area contributed by atoms with Crippen molar-refractivity contribution in [2.24, 2.45) is 0 Å². The van der Waals surface area contributed by atoms with E-state index in [1.807, 2.05) is 25.1 Å². The first-order valence-corrected chi connectivity index (χ1v) is 6.51. The quantitative estimate of drug-likeness (QED) is 0.775. The van der Waals surface area contributed by atoms with Crippen molar-refractivity contribution in [2.45, 2.75) is 6.92 Å². The average Bonchev–Trinajstić information content (AvgIpc) is 2.47. The Morgan fingerprint density at radius 3 is 2.29 bits per heavy atom. The van der Waals surface area contributed by atoms with Gasteiger partial charge in [-0.1, -0.05) is 18.2 Å². The number of anilines is 1. The van der Waals surface area contributed by atoms with E-state index in [4.69, 9.17) is 0 Å². The highest BCUT2D eigenvalue weighted by Gasteiger charge is 2.16. The van der Waals surface area contributed by atoms with Crippen LogP contribution in [0.25, 0.3) is 22.3 Å². The molecule has 1 aromatic heterocycles. The van der Waals surface area contributed by atoms with Crippen molar-refractivity contribution in [1.29, 1.82) is 0 Å². The van der Waals surface area contributed by atoms with Gasteiger partial charge in [0.25, 0.3) is 0 Å². The molecule has 0 amide bonds. The molecular formula is C16H13F2N3. The lowest BCUT2D eigenvalue weighted by Gasteiger charge is -2.10. The van der Waals surface area contributed by atoms with Crippen LogP contribution in [0, 0.1) is 18.6 Å². The third-order valence-electron chi connectivity index (χ3n) is 3.35. The number of halogens is 2. The molecule has 3 aromatic rings. The van der Waals surface area contributed by atoms with E-state index in [2.05, 4.69) is 15.3 Å². The number of aryl methyl sites for hydroxylation is 1. The van der Waals surface area contributed by atoms with Crippen molar-refractivity contribution in [3.63, 3.8) is 0 Å². The minimum Gasteiger partial charge on any atom is -0.373 e. The van der Waals surface area contributed by atoms with Crippen LogP contribution >= 0.6 is 0 Å². The summed E-state index contributed by atoms with van der Waals surface area (Å²) in [5.41, 5.74) is 1.39. The molecule has 1 N–H and O–H groups in total. The minimum absolute atomic E-state index is 0.0387. The Morgan fingerprint density at radius 2 is 1.62 bits per heavy atom. The van der Waals surface area contributed by atoms with E-state index >= 15 is 0 Å². The molecule has 0 aliphatic carbocycles. The molecule has 0 aliphatic heterocycles. The molecule has 3 nitrogen and oxygen atoms in total. The number of benzene rings is 2. The van der Waals surface area contributed by atoms with E-state index < -0.39 is 11.6 Å². The Morgan fingerprint density at radius 1 is 0.952 bits per heavy atom. The minimum atomic E-state index is -0.676. The van der Waals surface area contributed by atoms with Gasteiger partial charge in [-0.2, -0.15) is 0 Å². The van der Waals surface area contributed by atoms with Crippen LogP contribution in [-0.2, 0) is 0 Å². The number of nitrogens with one attached hydrogen (secondary N) is 1. The lowest BCUT2D eigenvalue weighted by molar-refractivity contribution is 0.587. The van der Waals surface area contributed by atoms with Crippen LogP contribution in [0.3, 0.4) is 0 Å². The van der Waals surface area contributed by atoms with Gasteiger partial charge in [0.2, 0.25) is 0 Å². The second-order valence-electron chi connectivity index (χ2n) is 4.71. The standard InChI is InChI=1S/C16H13F2N3/c1-9-5-3-6-10-14(9)20-16(21-15(10)19-2)13-11(17)7-4-8-12(13)18/h3-8H,1-2H3,(H,19,20,21). The molecule has 106 valence electrons. The molecule has 0 saturated carbocycles. The summed E-state index contributed by atoms with van der Waals surface area (Å²) in [6, 6.07) is 9.38. The second-order valence-corrected chi connectivity index (χ2v) is 4.71. The summed E-state index contributed by atoms with van der Waals surface area (Å²) in [6.45, 7) is 1.90. The summed E-state index contributed by atoms with van der Waals surface area (Å²) >= 11 is 0. The van der Waals surface area contributed by atoms with Gasteiger partial charge in [-0.05, 0) is 30.7 Å². The van der Waals surface area contributed by atoms with Crippen LogP contribution in [0.15, 0.2) is 36.4 Å². The van der Waals surface area contributed by atoms with Crippen molar-refractivity contribution in [3.05, 3.63) is 53.6 Å². The van der Waals surface area contributed by atoms with Gasteiger partial charge in [-0.15, -0.1) is 0 Å². The van der Waals surface area contributed by atoms with Crippen molar-refractivity contribution in [2.75, 3.05) is 12.4 Å². The fraction of sp³-hybridized carbons (Fsp3) is 0.125. The zero-order valence-electron chi connectivity index (χ0n) is 11.6. The second kappa shape index (κ2) is 5.09. The monoisotopic (exact) mass is 285 g/mol. The first-order valence-electron chi connectivity index (χ1n) is 6.51. The van der Waals surface area contributed by atoms with E-state index in [1.54, 1.807) is 7.05 Å². The van der Waals surface area contributed by atoms with Gasteiger partial charge in [-0.3, -0.25) is 0 Å². The smallest absolute Gasteiger partial charge is 0.168 e. The lowest BCUT2D eigenvalue weighted by Crippen LogP contribution is -2.02. The Bertz CT molecular complexity index is 811. The maximum atomic E-state index is 13.9. The summed E-state index contributed by atoms with van der Waals surface area (Å²) in [4.78, 5) is 8.59. The molecule has 0 fully saturated rings. The number of aromatic nitrogens is 2. The fourth-order valence-electron chi connectivity index (χ4n) is 2.31. The molecule has 3 rings (SSSR count). The van der Waals surface area contributed by atoms with Crippen molar-refractivity contribution in [3.8, 4) is 11.4 Å². The van der Waals surface area contributed by atoms with Gasteiger partial charge in [0.05, 0.1) is 11.1 Å². The van der Waals surface area contributed by atoms with Crippen LogP contribution in [0.5, 0.6) is 0 Å². The summed E-state index contributed by atoms with van der Waals surface area (Å²) in [6.07, 6.45) is 0. The highest BCUT2D eigenvalue weighted by atomic mass is 19.1. The van der Waals surface area contributed by atoms with Gasteiger partial charge in [0.1, 0.15) is 17.5 Å². The fourth-order valence-corrected chi connectivity index (χ4v) is 2.31. The first-order chi connectivity index (χ1) is 10.1. The zero-order chi connectivity index (χ0) is 15.0. The van der Waals surface area contributed by atoms with Crippen molar-refractivity contribution >= 4 is 16.7 Å². The van der Waals surface area contributed by atoms with Crippen molar-refractivity contribution in [1.82, 2.24) is 9.97 Å². The SMILES string of the molecule is CNc1nc(-c2c(F)cccc2F)nc2c(C)cccc12. The molecule has 2 aromatic carbocycles. The van der Waals surface area contributed by atoms with Gasteiger partial charge < -0.3 is 5.32 Å². The van der Waals surface area contributed by atoms with E-state index in [0.717, 1.165) is 10.9 Å². The number of nitrogens with zero attached hydrogens (tertiary/aromatic N) is 2. The Balaban J connectivity index is 2.37. The average molecular weight is 285 g/mol. The highest BCUT2D eigenvalue weighted by molar-refractivity contribution is 5.92. The third kappa shape index (κ3) is 2.20. The molecule has 21 heavy (non-hydrogen) atoms. The molecule has 0 aliphatic rings. The van der Waals surface area contributed by atoms with E-state index in [1.165, 1.54) is 18.2 Å². The van der Waals surface area contributed by atoms with Crippen LogP contribution in [0.1, 0.15) is 5.56 Å². The topological polar surface area (TPSA) is 37.8 Å². The van der Waals surface area contributed by atoms with Gasteiger partial charge >= 0.3 is 0 Å². The number of fused-ring (bicyclic) bond motifs is 1. The van der Waals surface area contributed by atoms with E-state index in [0.29, 0.717) is 11.3 Å². The molecule has 0 bridgehead atoms. The zero-order valence-corrected chi connectivity index (χ0v) is 11.6. The summed E-state index contributed by atoms with van der Waals surface area (Å²) in [5.74, 6) is -0.770.